The second kappa shape index (κ2) is 14.2. The van der Waals surface area contributed by atoms with E-state index in [1.54, 1.807) is 5.57 Å². The van der Waals surface area contributed by atoms with Gasteiger partial charge in [0.05, 0.1) is 5.84 Å². The van der Waals surface area contributed by atoms with Crippen molar-refractivity contribution in [3.8, 4) is 0 Å². The summed E-state index contributed by atoms with van der Waals surface area (Å²) in [6, 6.07) is 0. The van der Waals surface area contributed by atoms with Crippen LogP contribution in [0.4, 0.5) is 0 Å². The zero-order valence-corrected chi connectivity index (χ0v) is 18.1. The normalized spacial score (nSPS) is 20.4. The Balaban J connectivity index is 0.000000710. The molecule has 1 N–H and O–H groups in total. The van der Waals surface area contributed by atoms with E-state index in [2.05, 4.69) is 56.2 Å². The highest BCUT2D eigenvalue weighted by molar-refractivity contribution is 5.82. The van der Waals surface area contributed by atoms with Crippen LogP contribution in [-0.4, -0.2) is 18.9 Å². The van der Waals surface area contributed by atoms with Gasteiger partial charge in [0, 0.05) is 19.5 Å². The van der Waals surface area contributed by atoms with Crippen LogP contribution in [0, 0.1) is 11.3 Å². The van der Waals surface area contributed by atoms with Gasteiger partial charge in [0.15, 0.2) is 0 Å². The number of hydrogen-bond donors (Lipinski definition) is 1. The fourth-order valence-electron chi connectivity index (χ4n) is 3.17. The number of hydrogen-bond acceptors (Lipinski definition) is 2. The van der Waals surface area contributed by atoms with E-state index < -0.39 is 0 Å². The predicted molar refractivity (Wildman–Crippen MR) is 115 cm³/mol. The van der Waals surface area contributed by atoms with E-state index in [0.717, 1.165) is 31.8 Å². The van der Waals surface area contributed by atoms with Crippen LogP contribution in [0.15, 0.2) is 28.8 Å². The molecule has 1 unspecified atom stereocenters. The van der Waals surface area contributed by atoms with Gasteiger partial charge in [-0.25, -0.2) is 0 Å². The molecule has 0 saturated carbocycles. The Kier molecular flexibility index (Phi) is 13.6. The van der Waals surface area contributed by atoms with E-state index in [-0.39, 0.29) is 0 Å². The molecule has 1 atom stereocenters. The lowest BCUT2D eigenvalue weighted by molar-refractivity contribution is 0.220. The number of allylic oxidation sites excluding steroid dienone is 4. The minimum Gasteiger partial charge on any atom is -0.374 e. The van der Waals surface area contributed by atoms with Gasteiger partial charge in [-0.05, 0) is 56.8 Å². The molecule has 0 spiro atoms. The maximum absolute atomic E-state index is 4.55. The zero-order chi connectivity index (χ0) is 19.1. The topological polar surface area (TPSA) is 24.4 Å². The minimum absolute atomic E-state index is 0.469. The molecule has 0 aromatic rings. The van der Waals surface area contributed by atoms with Crippen molar-refractivity contribution >= 4 is 5.84 Å². The molecule has 0 aromatic carbocycles. The van der Waals surface area contributed by atoms with Crippen LogP contribution in [0.25, 0.3) is 0 Å². The summed E-state index contributed by atoms with van der Waals surface area (Å²) in [4.78, 5) is 4.55. The van der Waals surface area contributed by atoms with Crippen LogP contribution in [0.5, 0.6) is 0 Å². The summed E-state index contributed by atoms with van der Waals surface area (Å²) in [7, 11) is 0. The molecule has 0 radical (unpaired) electrons. The van der Waals surface area contributed by atoms with Gasteiger partial charge in [-0.3, -0.25) is 4.99 Å². The van der Waals surface area contributed by atoms with Gasteiger partial charge in [-0.2, -0.15) is 0 Å². The Morgan fingerprint density at radius 2 is 1.96 bits per heavy atom. The molecule has 0 amide bonds. The number of nitrogens with one attached hydrogen (secondary N) is 1. The van der Waals surface area contributed by atoms with E-state index in [4.69, 9.17) is 0 Å². The standard InChI is InChI=1S/C16H28N2.C5H10.C2H6/c1-16(2,3)14-8-5-13(6-9-14)7-10-15-17-11-4-12-18-15;1-3-5-4-2;1-2/h5,14H,4,6-12H2,1-3H3,(H,17,18);3,5H,4H2,1-2H3;1-2H3/b;5-3-;. The van der Waals surface area contributed by atoms with Crippen molar-refractivity contribution in [3.05, 3.63) is 23.8 Å². The second-order valence-electron chi connectivity index (χ2n) is 7.79. The van der Waals surface area contributed by atoms with Gasteiger partial charge >= 0.3 is 0 Å². The maximum Gasteiger partial charge on any atom is 0.0966 e. The Labute approximate surface area is 158 Å². The van der Waals surface area contributed by atoms with Gasteiger partial charge in [0.1, 0.15) is 0 Å². The highest BCUT2D eigenvalue weighted by atomic mass is 15.0. The number of aliphatic imine (C=N–C) groups is 1. The van der Waals surface area contributed by atoms with Gasteiger partial charge in [0.2, 0.25) is 0 Å². The van der Waals surface area contributed by atoms with E-state index in [9.17, 15) is 0 Å². The fourth-order valence-corrected chi connectivity index (χ4v) is 3.17. The third kappa shape index (κ3) is 11.2. The first kappa shape index (κ1) is 23.9. The zero-order valence-electron chi connectivity index (χ0n) is 18.1. The van der Waals surface area contributed by atoms with Crippen molar-refractivity contribution in [2.75, 3.05) is 13.1 Å². The van der Waals surface area contributed by atoms with Crippen LogP contribution in [0.2, 0.25) is 0 Å². The first-order valence-corrected chi connectivity index (χ1v) is 10.5. The molecule has 146 valence electrons. The molecule has 2 heteroatoms. The maximum atomic E-state index is 4.55. The second-order valence-corrected chi connectivity index (χ2v) is 7.79. The van der Waals surface area contributed by atoms with Crippen molar-refractivity contribution in [3.63, 3.8) is 0 Å². The molecule has 2 nitrogen and oxygen atoms in total. The number of nitrogens with zero attached hydrogens (tertiary/aromatic N) is 1. The smallest absolute Gasteiger partial charge is 0.0966 e. The molecule has 1 aliphatic heterocycles. The average Bonchev–Trinajstić information content (AvgIpc) is 2.63. The number of amidine groups is 1. The Hall–Kier alpha value is -1.05. The van der Waals surface area contributed by atoms with Crippen LogP contribution >= 0.6 is 0 Å². The highest BCUT2D eigenvalue weighted by Gasteiger charge is 2.26. The third-order valence-corrected chi connectivity index (χ3v) is 4.85. The molecule has 2 aliphatic rings. The monoisotopic (exact) mass is 348 g/mol. The molecular weight excluding hydrogens is 304 g/mol. The molecular formula is C23H44N2. The Bertz CT molecular complexity index is 410. The molecule has 0 aromatic heterocycles. The molecule has 0 bridgehead atoms. The average molecular weight is 349 g/mol. The summed E-state index contributed by atoms with van der Waals surface area (Å²) in [6.45, 7) is 17.4. The number of rotatable bonds is 4. The van der Waals surface area contributed by atoms with E-state index in [1.165, 1.54) is 37.9 Å². The third-order valence-electron chi connectivity index (χ3n) is 4.85. The fraction of sp³-hybridized carbons (Fsp3) is 0.783. The summed E-state index contributed by atoms with van der Waals surface area (Å²) in [5.74, 6) is 2.10. The molecule has 2 rings (SSSR count). The molecule has 0 saturated heterocycles. The summed E-state index contributed by atoms with van der Waals surface area (Å²) < 4.78 is 0. The van der Waals surface area contributed by atoms with E-state index >= 15 is 0 Å². The first-order valence-electron chi connectivity index (χ1n) is 10.5. The van der Waals surface area contributed by atoms with Crippen molar-refractivity contribution < 1.29 is 0 Å². The van der Waals surface area contributed by atoms with Gasteiger partial charge in [-0.15, -0.1) is 0 Å². The lowest BCUT2D eigenvalue weighted by Gasteiger charge is -2.33. The van der Waals surface area contributed by atoms with Crippen molar-refractivity contribution in [1.82, 2.24) is 5.32 Å². The molecule has 25 heavy (non-hydrogen) atoms. The summed E-state index contributed by atoms with van der Waals surface area (Å²) in [6.07, 6.45) is 15.3. The minimum atomic E-state index is 0.469. The first-order chi connectivity index (χ1) is 12.0. The predicted octanol–water partition coefficient (Wildman–Crippen LogP) is 6.93. The summed E-state index contributed by atoms with van der Waals surface area (Å²) in [5.41, 5.74) is 2.13. The lowest BCUT2D eigenvalue weighted by atomic mass is 9.72. The molecule has 0 fully saturated rings. The van der Waals surface area contributed by atoms with Gasteiger partial charge < -0.3 is 5.32 Å². The van der Waals surface area contributed by atoms with Crippen molar-refractivity contribution in [2.45, 2.75) is 93.4 Å². The van der Waals surface area contributed by atoms with Crippen molar-refractivity contribution in [1.29, 1.82) is 0 Å². The van der Waals surface area contributed by atoms with Crippen LogP contribution in [0.3, 0.4) is 0 Å². The van der Waals surface area contributed by atoms with Crippen LogP contribution in [0.1, 0.15) is 93.4 Å². The van der Waals surface area contributed by atoms with Gasteiger partial charge in [0.25, 0.3) is 0 Å². The van der Waals surface area contributed by atoms with Crippen LogP contribution in [-0.2, 0) is 0 Å². The SMILES string of the molecule is C/C=C\CC.CC.CC(C)(C)C1CC=C(CCC2=NCCCN2)CC1. The lowest BCUT2D eigenvalue weighted by Crippen LogP contribution is -2.29. The quantitative estimate of drug-likeness (QED) is 0.547. The van der Waals surface area contributed by atoms with E-state index in [1.807, 2.05) is 20.8 Å². The van der Waals surface area contributed by atoms with E-state index in [0.29, 0.717) is 5.41 Å². The van der Waals surface area contributed by atoms with Crippen LogP contribution < -0.4 is 5.32 Å². The summed E-state index contributed by atoms with van der Waals surface area (Å²) in [5, 5.41) is 3.41. The van der Waals surface area contributed by atoms with Crippen molar-refractivity contribution in [2.24, 2.45) is 16.3 Å². The largest absolute Gasteiger partial charge is 0.374 e. The molecule has 1 heterocycles. The molecule has 1 aliphatic carbocycles. The van der Waals surface area contributed by atoms with Gasteiger partial charge in [-0.1, -0.05) is 65.3 Å². The summed E-state index contributed by atoms with van der Waals surface area (Å²) >= 11 is 0. The Morgan fingerprint density at radius 3 is 2.36 bits per heavy atom. The highest BCUT2D eigenvalue weighted by Crippen LogP contribution is 2.37. The Morgan fingerprint density at radius 1 is 1.24 bits per heavy atom.